The first kappa shape index (κ1) is 14.9. The van der Waals surface area contributed by atoms with E-state index in [4.69, 9.17) is 5.11 Å². The van der Waals surface area contributed by atoms with E-state index < -0.39 is 41.3 Å². The fourth-order valence-corrected chi connectivity index (χ4v) is 1.11. The van der Waals surface area contributed by atoms with Crippen LogP contribution in [0.25, 0.3) is 0 Å². The fraction of sp³-hybridized carbons (Fsp3) is 0.200. The number of rotatable bonds is 4. The number of carbonyl (C=O) groups excluding carboxylic acids is 1. The Kier molecular flexibility index (Phi) is 4.07. The van der Waals surface area contributed by atoms with Crippen LogP contribution in [0, 0.1) is 5.82 Å². The van der Waals surface area contributed by atoms with E-state index in [-0.39, 0.29) is 0 Å². The van der Waals surface area contributed by atoms with Crippen molar-refractivity contribution >= 4 is 17.6 Å². The molecule has 1 aromatic rings. The van der Waals surface area contributed by atoms with Gasteiger partial charge < -0.3 is 10.4 Å². The van der Waals surface area contributed by atoms with Gasteiger partial charge in [0.15, 0.2) is 0 Å². The first-order chi connectivity index (χ1) is 8.66. The number of benzene rings is 1. The van der Waals surface area contributed by atoms with Crippen molar-refractivity contribution in [2.75, 3.05) is 5.32 Å². The van der Waals surface area contributed by atoms with E-state index in [2.05, 4.69) is 0 Å². The zero-order valence-corrected chi connectivity index (χ0v) is 8.96. The molecule has 0 heterocycles. The summed E-state index contributed by atoms with van der Waals surface area (Å²) in [6.07, 6.45) is -4.27. The molecule has 0 spiro atoms. The molecular weight excluding hydrogens is 277 g/mol. The lowest BCUT2D eigenvalue weighted by Crippen LogP contribution is -2.41. The zero-order valence-electron chi connectivity index (χ0n) is 8.96. The van der Waals surface area contributed by atoms with Crippen LogP contribution in [0.5, 0.6) is 0 Å². The lowest BCUT2D eigenvalue weighted by Gasteiger charge is -2.15. The fourth-order valence-electron chi connectivity index (χ4n) is 1.11. The minimum Gasteiger partial charge on any atom is -0.478 e. The van der Waals surface area contributed by atoms with Crippen LogP contribution in [-0.4, -0.2) is 29.3 Å². The van der Waals surface area contributed by atoms with Crippen LogP contribution in [0.4, 0.5) is 27.6 Å². The third-order valence-electron chi connectivity index (χ3n) is 2.04. The van der Waals surface area contributed by atoms with Crippen molar-refractivity contribution in [2.45, 2.75) is 12.3 Å². The van der Waals surface area contributed by atoms with Gasteiger partial charge in [0, 0.05) is 0 Å². The second-order valence-corrected chi connectivity index (χ2v) is 3.37. The molecule has 4 nitrogen and oxygen atoms in total. The number of carbonyl (C=O) groups is 2. The highest BCUT2D eigenvalue weighted by Crippen LogP contribution is 2.26. The SMILES string of the molecule is O=C(O)c1ccc(F)cc1NC(=O)C(F)(F)C(F)F. The molecule has 0 aliphatic carbocycles. The molecule has 0 atom stereocenters. The Morgan fingerprint density at radius 2 is 1.84 bits per heavy atom. The highest BCUT2D eigenvalue weighted by atomic mass is 19.3. The van der Waals surface area contributed by atoms with Crippen molar-refractivity contribution in [3.8, 4) is 0 Å². The van der Waals surface area contributed by atoms with Crippen LogP contribution in [0.1, 0.15) is 10.4 Å². The molecule has 1 aromatic carbocycles. The monoisotopic (exact) mass is 283 g/mol. The first-order valence-corrected chi connectivity index (χ1v) is 4.66. The average Bonchev–Trinajstić information content (AvgIpc) is 2.28. The number of hydrogen-bond acceptors (Lipinski definition) is 2. The molecule has 0 bridgehead atoms. The van der Waals surface area contributed by atoms with E-state index >= 15 is 0 Å². The van der Waals surface area contributed by atoms with Gasteiger partial charge >= 0.3 is 24.2 Å². The first-order valence-electron chi connectivity index (χ1n) is 4.66. The molecule has 0 fully saturated rings. The highest BCUT2D eigenvalue weighted by molar-refractivity contribution is 6.02. The Labute approximate surface area is 102 Å². The Bertz CT molecular complexity index is 518. The van der Waals surface area contributed by atoms with E-state index in [1.165, 1.54) is 5.32 Å². The van der Waals surface area contributed by atoms with E-state index in [9.17, 15) is 31.5 Å². The molecule has 0 radical (unpaired) electrons. The minimum atomic E-state index is -5.01. The maximum atomic E-state index is 12.8. The van der Waals surface area contributed by atoms with Gasteiger partial charge in [-0.25, -0.2) is 18.0 Å². The van der Waals surface area contributed by atoms with E-state index in [0.29, 0.717) is 18.2 Å². The van der Waals surface area contributed by atoms with Crippen molar-refractivity contribution < 1.29 is 36.6 Å². The number of anilines is 1. The number of amides is 1. The summed E-state index contributed by atoms with van der Waals surface area (Å²) in [6.45, 7) is 0. The van der Waals surface area contributed by atoms with E-state index in [1.54, 1.807) is 0 Å². The summed E-state index contributed by atoms with van der Waals surface area (Å²) >= 11 is 0. The maximum Gasteiger partial charge on any atom is 0.383 e. The van der Waals surface area contributed by atoms with Crippen LogP contribution in [-0.2, 0) is 4.79 Å². The van der Waals surface area contributed by atoms with Crippen LogP contribution in [0.3, 0.4) is 0 Å². The molecule has 104 valence electrons. The van der Waals surface area contributed by atoms with Crippen molar-refractivity contribution in [3.63, 3.8) is 0 Å². The van der Waals surface area contributed by atoms with E-state index in [1.807, 2.05) is 0 Å². The van der Waals surface area contributed by atoms with Gasteiger partial charge in [0.1, 0.15) is 5.82 Å². The van der Waals surface area contributed by atoms with Gasteiger partial charge in [0.2, 0.25) is 0 Å². The largest absolute Gasteiger partial charge is 0.478 e. The summed E-state index contributed by atoms with van der Waals surface area (Å²) in [4.78, 5) is 21.6. The number of hydrogen-bond donors (Lipinski definition) is 2. The predicted molar refractivity (Wildman–Crippen MR) is 52.9 cm³/mol. The molecule has 0 saturated carbocycles. The Morgan fingerprint density at radius 1 is 1.26 bits per heavy atom. The number of carboxylic acid groups (broad SMARTS) is 1. The van der Waals surface area contributed by atoms with Crippen LogP contribution >= 0.6 is 0 Å². The van der Waals surface area contributed by atoms with Gasteiger partial charge in [0.25, 0.3) is 0 Å². The summed E-state index contributed by atoms with van der Waals surface area (Å²) in [7, 11) is 0. The summed E-state index contributed by atoms with van der Waals surface area (Å²) < 4.78 is 62.0. The minimum absolute atomic E-state index is 0.433. The van der Waals surface area contributed by atoms with Gasteiger partial charge in [-0.2, -0.15) is 8.78 Å². The number of halogens is 5. The molecule has 1 rings (SSSR count). The van der Waals surface area contributed by atoms with Gasteiger partial charge in [-0.1, -0.05) is 0 Å². The van der Waals surface area contributed by atoms with Gasteiger partial charge in [-0.3, -0.25) is 4.79 Å². The van der Waals surface area contributed by atoms with Crippen molar-refractivity contribution in [1.29, 1.82) is 0 Å². The summed E-state index contributed by atoms with van der Waals surface area (Å²) in [5.74, 6) is -10.1. The normalized spacial score (nSPS) is 11.5. The Balaban J connectivity index is 3.09. The number of nitrogens with one attached hydrogen (secondary N) is 1. The molecule has 0 aromatic heterocycles. The molecule has 0 saturated heterocycles. The summed E-state index contributed by atoms with van der Waals surface area (Å²) in [5, 5.41) is 9.94. The van der Waals surface area contributed by atoms with E-state index in [0.717, 1.165) is 0 Å². The highest BCUT2D eigenvalue weighted by Gasteiger charge is 2.49. The third-order valence-corrected chi connectivity index (χ3v) is 2.04. The summed E-state index contributed by atoms with van der Waals surface area (Å²) in [5.41, 5.74) is -1.54. The molecule has 2 N–H and O–H groups in total. The Hall–Kier alpha value is -2.19. The number of carboxylic acids is 1. The molecule has 9 heteroatoms. The standard InChI is InChI=1S/C10H6F5NO3/c11-4-1-2-5(7(17)18)6(3-4)16-9(19)10(14,15)8(12)13/h1-3,8H,(H,16,19)(H,17,18). The molecule has 0 unspecified atom stereocenters. The zero-order chi connectivity index (χ0) is 14.8. The van der Waals surface area contributed by atoms with Crippen LogP contribution in [0.2, 0.25) is 0 Å². The topological polar surface area (TPSA) is 66.4 Å². The lowest BCUT2D eigenvalue weighted by atomic mass is 10.1. The Morgan fingerprint density at radius 3 is 2.32 bits per heavy atom. The molecule has 19 heavy (non-hydrogen) atoms. The second-order valence-electron chi connectivity index (χ2n) is 3.37. The number of alkyl halides is 4. The van der Waals surface area contributed by atoms with Crippen LogP contribution < -0.4 is 5.32 Å². The van der Waals surface area contributed by atoms with Crippen molar-refractivity contribution in [2.24, 2.45) is 0 Å². The van der Waals surface area contributed by atoms with Gasteiger partial charge in [-0.15, -0.1) is 0 Å². The van der Waals surface area contributed by atoms with Crippen molar-refractivity contribution in [1.82, 2.24) is 0 Å². The van der Waals surface area contributed by atoms with Gasteiger partial charge in [0.05, 0.1) is 11.3 Å². The summed E-state index contributed by atoms with van der Waals surface area (Å²) in [6, 6.07) is 1.85. The quantitative estimate of drug-likeness (QED) is 0.834. The van der Waals surface area contributed by atoms with Crippen molar-refractivity contribution in [3.05, 3.63) is 29.6 Å². The molecule has 1 amide bonds. The van der Waals surface area contributed by atoms with Gasteiger partial charge in [-0.05, 0) is 18.2 Å². The second kappa shape index (κ2) is 5.21. The third kappa shape index (κ3) is 3.18. The molecule has 0 aliphatic heterocycles. The molecule has 0 aliphatic rings. The average molecular weight is 283 g/mol. The predicted octanol–water partition coefficient (Wildman–Crippen LogP) is 2.36. The smallest absolute Gasteiger partial charge is 0.383 e. The lowest BCUT2D eigenvalue weighted by molar-refractivity contribution is -0.163. The number of aromatic carboxylic acids is 1. The molecular formula is C10H6F5NO3. The van der Waals surface area contributed by atoms with Crippen LogP contribution in [0.15, 0.2) is 18.2 Å². The maximum absolute atomic E-state index is 12.8.